The zero-order valence-corrected chi connectivity index (χ0v) is 13.3. The Bertz CT molecular complexity index is 482. The maximum atomic E-state index is 12.9. The fraction of sp³-hybridized carbons (Fsp3) is 0.0769. The van der Waals surface area contributed by atoms with E-state index in [4.69, 9.17) is 16.3 Å². The number of ether oxygens (including phenoxy) is 1. The van der Waals surface area contributed by atoms with Gasteiger partial charge in [0.25, 0.3) is 0 Å². The van der Waals surface area contributed by atoms with Crippen molar-refractivity contribution >= 4 is 34.7 Å². The Balaban J connectivity index is 0.00000144. The molecule has 0 fully saturated rings. The summed E-state index contributed by atoms with van der Waals surface area (Å²) in [7, 11) is 0. The number of hydrogen-bond acceptors (Lipinski definition) is 1. The molecule has 2 aromatic carbocycles. The summed E-state index contributed by atoms with van der Waals surface area (Å²) in [6, 6.07) is 14.5. The summed E-state index contributed by atoms with van der Waals surface area (Å²) >= 11 is 5.86. The van der Waals surface area contributed by atoms with Crippen LogP contribution in [0.5, 0.6) is 5.75 Å². The Morgan fingerprint density at radius 1 is 1.22 bits per heavy atom. The van der Waals surface area contributed by atoms with Gasteiger partial charge in [0.15, 0.2) is 0 Å². The van der Waals surface area contributed by atoms with Crippen LogP contribution in [0, 0.1) is 11.9 Å². The van der Waals surface area contributed by atoms with E-state index in [1.807, 2.05) is 18.2 Å². The Morgan fingerprint density at radius 3 is 2.67 bits per heavy atom. The smallest absolute Gasteiger partial charge is 1.00 e. The average molecular weight is 340 g/mol. The molecule has 2 aromatic rings. The van der Waals surface area contributed by atoms with Crippen molar-refractivity contribution in [2.75, 3.05) is 0 Å². The summed E-state index contributed by atoms with van der Waals surface area (Å²) in [5.74, 6) is -0.0182. The molecule has 0 saturated carbocycles. The SMILES string of the molecule is Fc1ccc(Cl)c(OCc2[c-]cccc2)c1.[Br-].[Mg+2]. The summed E-state index contributed by atoms with van der Waals surface area (Å²) in [4.78, 5) is 0. The molecule has 0 aliphatic heterocycles. The van der Waals surface area contributed by atoms with E-state index < -0.39 is 0 Å². The van der Waals surface area contributed by atoms with Gasteiger partial charge in [-0.1, -0.05) is 11.6 Å². The summed E-state index contributed by atoms with van der Waals surface area (Å²) in [6.07, 6.45) is 0. The quantitative estimate of drug-likeness (QED) is 0.584. The van der Waals surface area contributed by atoms with Gasteiger partial charge >= 0.3 is 23.1 Å². The summed E-state index contributed by atoms with van der Waals surface area (Å²) < 4.78 is 18.3. The van der Waals surface area contributed by atoms with E-state index >= 15 is 0 Å². The molecule has 0 amide bonds. The van der Waals surface area contributed by atoms with Gasteiger partial charge in [0.05, 0.1) is 11.6 Å². The number of hydrogen-bond donors (Lipinski definition) is 0. The fourth-order valence-electron chi connectivity index (χ4n) is 1.26. The van der Waals surface area contributed by atoms with Crippen molar-refractivity contribution < 1.29 is 26.1 Å². The maximum absolute atomic E-state index is 12.9. The van der Waals surface area contributed by atoms with E-state index in [-0.39, 0.29) is 45.9 Å². The fourth-order valence-corrected chi connectivity index (χ4v) is 1.44. The molecule has 0 saturated heterocycles. The van der Waals surface area contributed by atoms with Gasteiger partial charge < -0.3 is 21.7 Å². The van der Waals surface area contributed by atoms with Crippen LogP contribution in [0.4, 0.5) is 4.39 Å². The molecule has 1 nitrogen and oxygen atoms in total. The summed E-state index contributed by atoms with van der Waals surface area (Å²) in [5, 5.41) is 0.400. The number of benzene rings is 2. The molecular formula is C13H9BrClFMgO. The first kappa shape index (κ1) is 17.7. The number of rotatable bonds is 3. The van der Waals surface area contributed by atoms with Crippen molar-refractivity contribution in [1.29, 1.82) is 0 Å². The van der Waals surface area contributed by atoms with Crippen LogP contribution in [0.25, 0.3) is 0 Å². The van der Waals surface area contributed by atoms with Crippen LogP contribution in [-0.2, 0) is 6.61 Å². The predicted molar refractivity (Wildman–Crippen MR) is 66.8 cm³/mol. The van der Waals surface area contributed by atoms with E-state index in [9.17, 15) is 4.39 Å². The average Bonchev–Trinajstić information content (AvgIpc) is 2.32. The van der Waals surface area contributed by atoms with E-state index in [1.54, 1.807) is 6.07 Å². The first-order valence-electron chi connectivity index (χ1n) is 4.79. The van der Waals surface area contributed by atoms with Crippen molar-refractivity contribution in [2.45, 2.75) is 6.61 Å². The number of halogens is 3. The third kappa shape index (κ3) is 5.14. The van der Waals surface area contributed by atoms with Crippen LogP contribution in [0.15, 0.2) is 42.5 Å². The zero-order chi connectivity index (χ0) is 11.4. The summed E-state index contributed by atoms with van der Waals surface area (Å²) in [6.45, 7) is 0.323. The molecule has 5 heteroatoms. The molecule has 0 radical (unpaired) electrons. The van der Waals surface area contributed by atoms with Gasteiger partial charge in [0, 0.05) is 6.07 Å². The van der Waals surface area contributed by atoms with Crippen LogP contribution >= 0.6 is 11.6 Å². The van der Waals surface area contributed by atoms with Crippen molar-refractivity contribution in [3.8, 4) is 5.75 Å². The molecule has 0 aliphatic carbocycles. The van der Waals surface area contributed by atoms with Gasteiger partial charge in [-0.2, -0.15) is 30.3 Å². The van der Waals surface area contributed by atoms with Crippen LogP contribution in [0.2, 0.25) is 5.02 Å². The monoisotopic (exact) mass is 338 g/mol. The molecule has 0 unspecified atom stereocenters. The van der Waals surface area contributed by atoms with Gasteiger partial charge in [0.2, 0.25) is 0 Å². The Morgan fingerprint density at radius 2 is 2.00 bits per heavy atom. The molecule has 0 heterocycles. The minimum atomic E-state index is -0.364. The molecule has 2 rings (SSSR count). The molecule has 90 valence electrons. The van der Waals surface area contributed by atoms with Crippen molar-refractivity contribution in [3.05, 3.63) is 64.9 Å². The molecule has 0 spiro atoms. The van der Waals surface area contributed by atoms with Gasteiger partial charge in [0.1, 0.15) is 11.6 Å². The second-order valence-corrected chi connectivity index (χ2v) is 3.66. The van der Waals surface area contributed by atoms with Crippen molar-refractivity contribution in [2.24, 2.45) is 0 Å². The topological polar surface area (TPSA) is 9.23 Å². The molecule has 0 aromatic heterocycles. The van der Waals surface area contributed by atoms with E-state index in [1.165, 1.54) is 18.2 Å². The first-order chi connectivity index (χ1) is 7.75. The van der Waals surface area contributed by atoms with Crippen LogP contribution in [-0.4, -0.2) is 23.1 Å². The minimum absolute atomic E-state index is 0. The van der Waals surface area contributed by atoms with Gasteiger partial charge in [-0.05, 0) is 12.1 Å². The van der Waals surface area contributed by atoms with Crippen LogP contribution in [0.1, 0.15) is 5.56 Å². The Labute approximate surface area is 137 Å². The molecule has 18 heavy (non-hydrogen) atoms. The summed E-state index contributed by atoms with van der Waals surface area (Å²) in [5.41, 5.74) is 0.892. The molecule has 0 aliphatic rings. The van der Waals surface area contributed by atoms with E-state index in [0.29, 0.717) is 17.4 Å². The molecule has 0 atom stereocenters. The minimum Gasteiger partial charge on any atom is -1.00 e. The van der Waals surface area contributed by atoms with Gasteiger partial charge in [-0.15, -0.1) is 5.56 Å². The van der Waals surface area contributed by atoms with E-state index in [0.717, 1.165) is 5.56 Å². The van der Waals surface area contributed by atoms with Crippen LogP contribution in [0.3, 0.4) is 0 Å². The normalized spacial score (nSPS) is 9.00. The Hall–Kier alpha value is -0.294. The third-order valence-corrected chi connectivity index (χ3v) is 2.36. The largest absolute Gasteiger partial charge is 2.00 e. The van der Waals surface area contributed by atoms with Crippen molar-refractivity contribution in [1.82, 2.24) is 0 Å². The van der Waals surface area contributed by atoms with E-state index in [2.05, 4.69) is 6.07 Å². The van der Waals surface area contributed by atoms with Crippen molar-refractivity contribution in [3.63, 3.8) is 0 Å². The second-order valence-electron chi connectivity index (χ2n) is 3.25. The van der Waals surface area contributed by atoms with Crippen LogP contribution < -0.4 is 21.7 Å². The maximum Gasteiger partial charge on any atom is 2.00 e. The molecule has 0 N–H and O–H groups in total. The Kier molecular flexibility index (Phi) is 8.60. The third-order valence-electron chi connectivity index (χ3n) is 2.05. The van der Waals surface area contributed by atoms with Gasteiger partial charge in [-0.3, -0.25) is 0 Å². The standard InChI is InChI=1S/C13H9ClFO.BrH.Mg/c14-12-7-6-11(15)8-13(12)16-9-10-4-2-1-3-5-10;;/h1-4,6-8H,9H2;1H;/q-1;;+2/p-1. The molecule has 0 bridgehead atoms. The zero-order valence-electron chi connectivity index (χ0n) is 9.50. The molecular weight excluding hydrogens is 331 g/mol. The predicted octanol–water partition coefficient (Wildman–Crippen LogP) is 0.481. The first-order valence-corrected chi connectivity index (χ1v) is 5.17. The second kappa shape index (κ2) is 8.75. The van der Waals surface area contributed by atoms with Gasteiger partial charge in [-0.25, -0.2) is 4.39 Å².